The molecule has 0 N–H and O–H groups in total. The second kappa shape index (κ2) is 5.79. The molecule has 0 amide bonds. The van der Waals surface area contributed by atoms with Crippen LogP contribution in [-0.2, 0) is 4.74 Å². The third kappa shape index (κ3) is 3.18. The van der Waals surface area contributed by atoms with E-state index in [2.05, 4.69) is 5.10 Å². The number of morpholine rings is 1. The summed E-state index contributed by atoms with van der Waals surface area (Å²) in [6.45, 7) is 2.76. The first-order valence-electron chi connectivity index (χ1n) is 5.47. The van der Waals surface area contributed by atoms with E-state index in [4.69, 9.17) is 16.3 Å². The minimum absolute atomic E-state index is 0.109. The van der Waals surface area contributed by atoms with Gasteiger partial charge in [-0.15, -0.1) is 0 Å². The zero-order valence-electron chi connectivity index (χ0n) is 9.58. The Bertz CT molecular complexity index is 473. The van der Waals surface area contributed by atoms with E-state index in [1.165, 1.54) is 12.1 Å². The molecule has 0 atom stereocenters. The average Bonchev–Trinajstić information content (AvgIpc) is 2.38. The third-order valence-corrected chi connectivity index (χ3v) is 2.84. The van der Waals surface area contributed by atoms with Gasteiger partial charge in [0.25, 0.3) is 5.69 Å². The van der Waals surface area contributed by atoms with E-state index in [9.17, 15) is 10.1 Å². The molecule has 0 aliphatic carbocycles. The first-order valence-corrected chi connectivity index (χ1v) is 5.85. The van der Waals surface area contributed by atoms with Gasteiger partial charge in [-0.1, -0.05) is 17.7 Å². The van der Waals surface area contributed by atoms with E-state index >= 15 is 0 Å². The lowest BCUT2D eigenvalue weighted by Crippen LogP contribution is -2.32. The fourth-order valence-electron chi connectivity index (χ4n) is 1.57. The fourth-order valence-corrected chi connectivity index (χ4v) is 1.75. The van der Waals surface area contributed by atoms with E-state index in [1.54, 1.807) is 12.3 Å². The lowest BCUT2D eigenvalue weighted by molar-refractivity contribution is -0.384. The van der Waals surface area contributed by atoms with Gasteiger partial charge >= 0.3 is 0 Å². The SMILES string of the molecule is O=[N+]([O-])c1cc(/C=N\N2CCOCC2)ccc1Cl. The lowest BCUT2D eigenvalue weighted by Gasteiger charge is -2.23. The highest BCUT2D eigenvalue weighted by molar-refractivity contribution is 6.32. The van der Waals surface area contributed by atoms with Crippen molar-refractivity contribution < 1.29 is 9.66 Å². The molecule has 1 aromatic rings. The number of hydrazone groups is 1. The first kappa shape index (κ1) is 12.8. The minimum atomic E-state index is -0.506. The molecule has 1 saturated heterocycles. The minimum Gasteiger partial charge on any atom is -0.378 e. The van der Waals surface area contributed by atoms with Crippen LogP contribution in [0.1, 0.15) is 5.56 Å². The second-order valence-electron chi connectivity index (χ2n) is 3.78. The molecule has 18 heavy (non-hydrogen) atoms. The monoisotopic (exact) mass is 269 g/mol. The summed E-state index contributed by atoms with van der Waals surface area (Å²) in [5.74, 6) is 0. The van der Waals surface area contributed by atoms with Gasteiger partial charge in [-0.2, -0.15) is 5.10 Å². The zero-order valence-corrected chi connectivity index (χ0v) is 10.3. The van der Waals surface area contributed by atoms with Crippen LogP contribution in [-0.4, -0.2) is 42.5 Å². The van der Waals surface area contributed by atoms with Crippen LogP contribution in [0.25, 0.3) is 0 Å². The Kier molecular flexibility index (Phi) is 4.11. The maximum atomic E-state index is 10.7. The first-order chi connectivity index (χ1) is 8.66. The van der Waals surface area contributed by atoms with E-state index in [1.807, 2.05) is 5.01 Å². The van der Waals surface area contributed by atoms with Crippen LogP contribution in [0.2, 0.25) is 5.02 Å². The predicted octanol–water partition coefficient (Wildman–Crippen LogP) is 1.91. The molecule has 0 radical (unpaired) electrons. The van der Waals surface area contributed by atoms with E-state index in [0.29, 0.717) is 18.8 Å². The fraction of sp³-hybridized carbons (Fsp3) is 0.364. The number of rotatable bonds is 3. The maximum Gasteiger partial charge on any atom is 0.288 e. The number of nitrogens with zero attached hydrogens (tertiary/aromatic N) is 3. The van der Waals surface area contributed by atoms with E-state index in [-0.39, 0.29) is 10.7 Å². The van der Waals surface area contributed by atoms with Gasteiger partial charge in [-0.05, 0) is 6.07 Å². The smallest absolute Gasteiger partial charge is 0.288 e. The molecule has 96 valence electrons. The maximum absolute atomic E-state index is 10.7. The number of hydrogen-bond acceptors (Lipinski definition) is 5. The van der Waals surface area contributed by atoms with Crippen LogP contribution in [0, 0.1) is 10.1 Å². The Morgan fingerprint density at radius 3 is 2.83 bits per heavy atom. The zero-order chi connectivity index (χ0) is 13.0. The highest BCUT2D eigenvalue weighted by atomic mass is 35.5. The van der Waals surface area contributed by atoms with Crippen LogP contribution in [0.15, 0.2) is 23.3 Å². The molecule has 2 rings (SSSR count). The number of nitro groups is 1. The molecule has 0 aromatic heterocycles. The molecule has 0 saturated carbocycles. The predicted molar refractivity (Wildman–Crippen MR) is 68.1 cm³/mol. The molecule has 7 heteroatoms. The molecule has 1 fully saturated rings. The van der Waals surface area contributed by atoms with Gasteiger partial charge in [-0.3, -0.25) is 15.1 Å². The van der Waals surface area contributed by atoms with Crippen molar-refractivity contribution in [3.8, 4) is 0 Å². The van der Waals surface area contributed by atoms with Crippen molar-refractivity contribution in [2.75, 3.05) is 26.3 Å². The molecule has 1 heterocycles. The van der Waals surface area contributed by atoms with E-state index in [0.717, 1.165) is 13.1 Å². The Morgan fingerprint density at radius 2 is 2.17 bits per heavy atom. The number of ether oxygens (including phenoxy) is 1. The summed E-state index contributed by atoms with van der Waals surface area (Å²) >= 11 is 5.73. The number of halogens is 1. The number of nitro benzene ring substituents is 1. The molecule has 6 nitrogen and oxygen atoms in total. The quantitative estimate of drug-likeness (QED) is 0.478. The topological polar surface area (TPSA) is 68.0 Å². The van der Waals surface area contributed by atoms with Crippen LogP contribution in [0.5, 0.6) is 0 Å². The van der Waals surface area contributed by atoms with Gasteiger partial charge in [0.15, 0.2) is 0 Å². The Labute approximate surface area is 109 Å². The normalized spacial score (nSPS) is 16.2. The van der Waals surface area contributed by atoms with Gasteiger partial charge in [0.2, 0.25) is 0 Å². The number of hydrogen-bond donors (Lipinski definition) is 0. The van der Waals surface area contributed by atoms with Crippen molar-refractivity contribution in [2.24, 2.45) is 5.10 Å². The van der Waals surface area contributed by atoms with Gasteiger partial charge in [0, 0.05) is 11.6 Å². The summed E-state index contributed by atoms with van der Waals surface area (Å²) in [5.41, 5.74) is 0.542. The molecular formula is C11H12ClN3O3. The summed E-state index contributed by atoms with van der Waals surface area (Å²) in [7, 11) is 0. The summed E-state index contributed by atoms with van der Waals surface area (Å²) in [4.78, 5) is 10.2. The van der Waals surface area contributed by atoms with Gasteiger partial charge in [-0.25, -0.2) is 0 Å². The molecule has 1 aliphatic rings. The highest BCUT2D eigenvalue weighted by Gasteiger charge is 2.12. The standard InChI is InChI=1S/C11H12ClN3O3/c12-10-2-1-9(7-11(10)15(16)17)8-13-14-3-5-18-6-4-14/h1-2,7-8H,3-6H2/b13-8-. The van der Waals surface area contributed by atoms with Crippen molar-refractivity contribution in [1.82, 2.24) is 5.01 Å². The molecule has 1 aliphatic heterocycles. The van der Waals surface area contributed by atoms with Gasteiger partial charge < -0.3 is 4.74 Å². The highest BCUT2D eigenvalue weighted by Crippen LogP contribution is 2.24. The Hall–Kier alpha value is -1.66. The summed E-state index contributed by atoms with van der Waals surface area (Å²) < 4.78 is 5.20. The van der Waals surface area contributed by atoms with Crippen molar-refractivity contribution in [3.05, 3.63) is 38.9 Å². The van der Waals surface area contributed by atoms with Crippen molar-refractivity contribution in [2.45, 2.75) is 0 Å². The third-order valence-electron chi connectivity index (χ3n) is 2.52. The van der Waals surface area contributed by atoms with Gasteiger partial charge in [0.1, 0.15) is 5.02 Å². The van der Waals surface area contributed by atoms with Crippen molar-refractivity contribution in [1.29, 1.82) is 0 Å². The number of benzene rings is 1. The molecular weight excluding hydrogens is 258 g/mol. The van der Waals surface area contributed by atoms with Crippen LogP contribution in [0.4, 0.5) is 5.69 Å². The molecule has 0 spiro atoms. The Balaban J connectivity index is 2.11. The van der Waals surface area contributed by atoms with Crippen molar-refractivity contribution >= 4 is 23.5 Å². The Morgan fingerprint density at radius 1 is 1.44 bits per heavy atom. The summed E-state index contributed by atoms with van der Waals surface area (Å²) in [6.07, 6.45) is 1.59. The lowest BCUT2D eigenvalue weighted by atomic mass is 10.2. The summed E-state index contributed by atoms with van der Waals surface area (Å²) in [6, 6.07) is 4.60. The van der Waals surface area contributed by atoms with Crippen LogP contribution >= 0.6 is 11.6 Å². The molecule has 0 unspecified atom stereocenters. The second-order valence-corrected chi connectivity index (χ2v) is 4.19. The molecule has 1 aromatic carbocycles. The molecule has 0 bridgehead atoms. The van der Waals surface area contributed by atoms with E-state index < -0.39 is 4.92 Å². The largest absolute Gasteiger partial charge is 0.378 e. The van der Waals surface area contributed by atoms with Crippen molar-refractivity contribution in [3.63, 3.8) is 0 Å². The van der Waals surface area contributed by atoms with Gasteiger partial charge in [0.05, 0.1) is 37.4 Å². The summed E-state index contributed by atoms with van der Waals surface area (Å²) in [5, 5.41) is 17.0. The van der Waals surface area contributed by atoms with Crippen LogP contribution < -0.4 is 0 Å². The average molecular weight is 270 g/mol. The van der Waals surface area contributed by atoms with Crippen LogP contribution in [0.3, 0.4) is 0 Å².